The lowest BCUT2D eigenvalue weighted by atomic mass is 9.77. The maximum atomic E-state index is 12.5. The molecule has 1 aromatic rings. The number of hydrogen-bond donors (Lipinski definition) is 3. The molecule has 4 N–H and O–H groups in total. The summed E-state index contributed by atoms with van der Waals surface area (Å²) in [4.78, 5) is 0.0636. The molecule has 8 nitrogen and oxygen atoms in total. The average molecular weight is 315 g/mol. The van der Waals surface area contributed by atoms with Gasteiger partial charge in [0.2, 0.25) is 10.0 Å². The van der Waals surface area contributed by atoms with Gasteiger partial charge in [-0.15, -0.1) is 0 Å². The predicted molar refractivity (Wildman–Crippen MR) is 77.3 cm³/mol. The SMILES string of the molecule is CC1CCC(NS(=O)(=O)c2cnn(C)c2)(C(N)=NO)CC1. The van der Waals surface area contributed by atoms with Crippen LogP contribution in [0.15, 0.2) is 22.4 Å². The second-order valence-electron chi connectivity index (χ2n) is 5.71. The van der Waals surface area contributed by atoms with E-state index >= 15 is 0 Å². The number of amidine groups is 1. The topological polar surface area (TPSA) is 123 Å². The number of sulfonamides is 1. The van der Waals surface area contributed by atoms with Crippen molar-refractivity contribution in [3.8, 4) is 0 Å². The number of aryl methyl sites for hydroxylation is 1. The maximum absolute atomic E-state index is 12.5. The second kappa shape index (κ2) is 5.64. The molecule has 0 radical (unpaired) electrons. The fraction of sp³-hybridized carbons (Fsp3) is 0.667. The standard InChI is InChI=1S/C12H21N5O3S/c1-9-3-5-12(6-4-9,11(13)15-18)16-21(19,20)10-7-14-17(2)8-10/h7-9,16,18H,3-6H2,1-2H3,(H2,13,15). The van der Waals surface area contributed by atoms with E-state index in [0.29, 0.717) is 18.8 Å². The molecule has 0 bridgehead atoms. The van der Waals surface area contributed by atoms with E-state index in [-0.39, 0.29) is 10.7 Å². The molecular formula is C12H21N5O3S. The lowest BCUT2D eigenvalue weighted by Crippen LogP contribution is -2.58. The number of hydrogen-bond acceptors (Lipinski definition) is 5. The van der Waals surface area contributed by atoms with Gasteiger partial charge in [-0.25, -0.2) is 8.42 Å². The van der Waals surface area contributed by atoms with Gasteiger partial charge in [-0.3, -0.25) is 4.68 Å². The van der Waals surface area contributed by atoms with Crippen LogP contribution in [-0.2, 0) is 17.1 Å². The Balaban J connectivity index is 2.31. The minimum absolute atomic E-state index is 0.0636. The van der Waals surface area contributed by atoms with Crippen LogP contribution in [0.4, 0.5) is 0 Å². The van der Waals surface area contributed by atoms with Gasteiger partial charge >= 0.3 is 0 Å². The monoisotopic (exact) mass is 315 g/mol. The lowest BCUT2D eigenvalue weighted by molar-refractivity contribution is 0.266. The highest BCUT2D eigenvalue weighted by Gasteiger charge is 2.42. The normalized spacial score (nSPS) is 27.7. The lowest BCUT2D eigenvalue weighted by Gasteiger charge is -2.38. The Hall–Kier alpha value is -1.61. The van der Waals surface area contributed by atoms with E-state index in [1.807, 2.05) is 0 Å². The van der Waals surface area contributed by atoms with Gasteiger partial charge in [-0.05, 0) is 31.6 Å². The van der Waals surface area contributed by atoms with Gasteiger partial charge in [0, 0.05) is 13.2 Å². The van der Waals surface area contributed by atoms with Gasteiger partial charge in [0.05, 0.1) is 11.7 Å². The highest BCUT2D eigenvalue weighted by Crippen LogP contribution is 2.33. The van der Waals surface area contributed by atoms with E-state index in [9.17, 15) is 8.42 Å². The van der Waals surface area contributed by atoms with E-state index in [1.165, 1.54) is 17.1 Å². The molecule has 1 aromatic heterocycles. The van der Waals surface area contributed by atoms with Gasteiger partial charge in [0.25, 0.3) is 0 Å². The molecule has 0 saturated heterocycles. The van der Waals surface area contributed by atoms with Gasteiger partial charge < -0.3 is 10.9 Å². The summed E-state index contributed by atoms with van der Waals surface area (Å²) in [6.45, 7) is 2.10. The first-order valence-electron chi connectivity index (χ1n) is 6.80. The van der Waals surface area contributed by atoms with Crippen LogP contribution in [0.2, 0.25) is 0 Å². The minimum Gasteiger partial charge on any atom is -0.409 e. The summed E-state index contributed by atoms with van der Waals surface area (Å²) in [5.41, 5.74) is 4.74. The van der Waals surface area contributed by atoms with Crippen molar-refractivity contribution in [2.75, 3.05) is 0 Å². The Morgan fingerprint density at radius 2 is 2.19 bits per heavy atom. The first-order chi connectivity index (χ1) is 9.79. The maximum Gasteiger partial charge on any atom is 0.244 e. The summed E-state index contributed by atoms with van der Waals surface area (Å²) in [6.07, 6.45) is 5.31. The molecule has 0 spiro atoms. The quantitative estimate of drug-likeness (QED) is 0.321. The zero-order valence-corrected chi connectivity index (χ0v) is 13.0. The second-order valence-corrected chi connectivity index (χ2v) is 7.39. The molecule has 0 unspecified atom stereocenters. The van der Waals surface area contributed by atoms with Gasteiger partial charge in [0.15, 0.2) is 5.84 Å². The van der Waals surface area contributed by atoms with Crippen molar-refractivity contribution < 1.29 is 13.6 Å². The fourth-order valence-corrected chi connectivity index (χ4v) is 4.03. The third kappa shape index (κ3) is 3.18. The minimum atomic E-state index is -3.78. The first kappa shape index (κ1) is 15.8. The van der Waals surface area contributed by atoms with Crippen molar-refractivity contribution in [1.29, 1.82) is 0 Å². The van der Waals surface area contributed by atoms with Crippen molar-refractivity contribution in [1.82, 2.24) is 14.5 Å². The highest BCUT2D eigenvalue weighted by atomic mass is 32.2. The van der Waals surface area contributed by atoms with Crippen LogP contribution in [0.5, 0.6) is 0 Å². The van der Waals surface area contributed by atoms with E-state index in [4.69, 9.17) is 10.9 Å². The Morgan fingerprint density at radius 1 is 1.57 bits per heavy atom. The molecular weight excluding hydrogens is 294 g/mol. The molecule has 9 heteroatoms. The number of rotatable bonds is 4. The Morgan fingerprint density at radius 3 is 2.67 bits per heavy atom. The fourth-order valence-electron chi connectivity index (χ4n) is 2.61. The number of oxime groups is 1. The van der Waals surface area contributed by atoms with Gasteiger partial charge in [0.1, 0.15) is 4.90 Å². The zero-order valence-electron chi connectivity index (χ0n) is 12.2. The summed E-state index contributed by atoms with van der Waals surface area (Å²) in [5, 5.41) is 15.9. The molecule has 0 atom stereocenters. The molecule has 0 aliphatic heterocycles. The molecule has 1 saturated carbocycles. The van der Waals surface area contributed by atoms with Crippen molar-refractivity contribution in [2.24, 2.45) is 23.9 Å². The molecule has 118 valence electrons. The number of nitrogens with two attached hydrogens (primary N) is 1. The first-order valence-corrected chi connectivity index (χ1v) is 8.28. The Kier molecular flexibility index (Phi) is 4.24. The van der Waals surface area contributed by atoms with Crippen LogP contribution in [0.25, 0.3) is 0 Å². The summed E-state index contributed by atoms with van der Waals surface area (Å²) in [6, 6.07) is 0. The van der Waals surface area contributed by atoms with Crippen LogP contribution in [0, 0.1) is 5.92 Å². The average Bonchev–Trinajstić information content (AvgIpc) is 2.88. The number of nitrogens with zero attached hydrogens (tertiary/aromatic N) is 3. The summed E-state index contributed by atoms with van der Waals surface area (Å²) < 4.78 is 29.0. The molecule has 21 heavy (non-hydrogen) atoms. The van der Waals surface area contributed by atoms with Crippen molar-refractivity contribution in [3.05, 3.63) is 12.4 Å². The predicted octanol–water partition coefficient (Wildman–Crippen LogP) is 0.394. The molecule has 1 heterocycles. The molecule has 1 aliphatic carbocycles. The van der Waals surface area contributed by atoms with Crippen LogP contribution in [0.1, 0.15) is 32.6 Å². The van der Waals surface area contributed by atoms with Gasteiger partial charge in [-0.1, -0.05) is 12.1 Å². The van der Waals surface area contributed by atoms with Crippen molar-refractivity contribution in [3.63, 3.8) is 0 Å². The summed E-state index contributed by atoms with van der Waals surface area (Å²) in [5.74, 6) is 0.398. The van der Waals surface area contributed by atoms with Crippen molar-refractivity contribution in [2.45, 2.75) is 43.0 Å². The van der Waals surface area contributed by atoms with Crippen molar-refractivity contribution >= 4 is 15.9 Å². The smallest absolute Gasteiger partial charge is 0.244 e. The summed E-state index contributed by atoms with van der Waals surface area (Å²) in [7, 11) is -2.14. The molecule has 2 rings (SSSR count). The molecule has 1 aliphatic rings. The highest BCUT2D eigenvalue weighted by molar-refractivity contribution is 7.89. The van der Waals surface area contributed by atoms with E-state index in [2.05, 4.69) is 21.9 Å². The Labute approximate surface area is 124 Å². The van der Waals surface area contributed by atoms with Crippen LogP contribution in [-0.4, -0.2) is 34.8 Å². The number of aromatic nitrogens is 2. The van der Waals surface area contributed by atoms with Crippen LogP contribution < -0.4 is 10.5 Å². The summed E-state index contributed by atoms with van der Waals surface area (Å²) >= 11 is 0. The van der Waals surface area contributed by atoms with Crippen LogP contribution >= 0.6 is 0 Å². The molecule has 1 fully saturated rings. The molecule has 0 amide bonds. The van der Waals surface area contributed by atoms with E-state index in [1.54, 1.807) is 7.05 Å². The Bertz CT molecular complexity index is 629. The molecule has 0 aromatic carbocycles. The van der Waals surface area contributed by atoms with E-state index in [0.717, 1.165) is 12.8 Å². The van der Waals surface area contributed by atoms with E-state index < -0.39 is 15.6 Å². The largest absolute Gasteiger partial charge is 0.409 e. The third-order valence-electron chi connectivity index (χ3n) is 4.05. The zero-order chi connectivity index (χ0) is 15.7. The number of nitrogens with one attached hydrogen (secondary N) is 1. The van der Waals surface area contributed by atoms with Crippen LogP contribution in [0.3, 0.4) is 0 Å². The third-order valence-corrected chi connectivity index (χ3v) is 5.54. The van der Waals surface area contributed by atoms with Gasteiger partial charge in [-0.2, -0.15) is 9.82 Å².